The van der Waals surface area contributed by atoms with E-state index in [0.717, 1.165) is 27.5 Å². The van der Waals surface area contributed by atoms with Crippen LogP contribution in [0, 0.1) is 0 Å². The Hall–Kier alpha value is -2.95. The van der Waals surface area contributed by atoms with Gasteiger partial charge in [-0.15, -0.1) is 0 Å². The quantitative estimate of drug-likeness (QED) is 0.614. The highest BCUT2D eigenvalue weighted by Gasteiger charge is 2.21. The number of aromatic nitrogens is 3. The topological polar surface area (TPSA) is 68.0 Å². The van der Waals surface area contributed by atoms with E-state index in [1.54, 1.807) is 11.5 Å². The third-order valence-electron chi connectivity index (χ3n) is 3.94. The largest absolute Gasteiger partial charge is 0.480 e. The Morgan fingerprint density at radius 3 is 2.41 bits per heavy atom. The number of nitrogens with zero attached hydrogens (tertiary/aromatic N) is 3. The van der Waals surface area contributed by atoms with Crippen molar-refractivity contribution in [1.82, 2.24) is 14.5 Å². The number of benzene rings is 2. The molecule has 2 aromatic carbocycles. The number of carbonyl (C=O) groups is 1. The number of carboxylic acids is 1. The van der Waals surface area contributed by atoms with Gasteiger partial charge in [0, 0.05) is 5.39 Å². The fourth-order valence-electron chi connectivity index (χ4n) is 2.84. The van der Waals surface area contributed by atoms with Gasteiger partial charge in [-0.05, 0) is 25.1 Å². The summed E-state index contributed by atoms with van der Waals surface area (Å²) in [5.41, 5.74) is 3.75. The average molecular weight is 291 g/mol. The van der Waals surface area contributed by atoms with Crippen molar-refractivity contribution in [2.24, 2.45) is 0 Å². The molecule has 5 nitrogen and oxygen atoms in total. The van der Waals surface area contributed by atoms with Crippen molar-refractivity contribution in [3.05, 3.63) is 48.5 Å². The molecule has 4 aromatic rings. The Balaban J connectivity index is 2.23. The molecule has 0 saturated heterocycles. The van der Waals surface area contributed by atoms with Crippen LogP contribution in [-0.4, -0.2) is 25.6 Å². The molecule has 0 saturated carbocycles. The second kappa shape index (κ2) is 4.53. The van der Waals surface area contributed by atoms with Crippen LogP contribution in [-0.2, 0) is 4.79 Å². The van der Waals surface area contributed by atoms with Crippen molar-refractivity contribution in [2.45, 2.75) is 13.0 Å². The second-order valence-electron chi connectivity index (χ2n) is 5.29. The molecule has 1 N–H and O–H groups in total. The molecule has 0 aliphatic rings. The zero-order valence-corrected chi connectivity index (χ0v) is 11.9. The van der Waals surface area contributed by atoms with Gasteiger partial charge in [-0.25, -0.2) is 14.8 Å². The van der Waals surface area contributed by atoms with Gasteiger partial charge in [0.2, 0.25) is 0 Å². The Morgan fingerprint density at radius 1 is 1.05 bits per heavy atom. The number of carboxylic acid groups (broad SMARTS) is 1. The lowest BCUT2D eigenvalue weighted by Gasteiger charge is -2.11. The van der Waals surface area contributed by atoms with Crippen molar-refractivity contribution in [2.75, 3.05) is 0 Å². The van der Waals surface area contributed by atoms with E-state index >= 15 is 0 Å². The normalized spacial score (nSPS) is 13.0. The van der Waals surface area contributed by atoms with E-state index in [4.69, 9.17) is 4.98 Å². The van der Waals surface area contributed by atoms with E-state index < -0.39 is 12.0 Å². The molecule has 0 radical (unpaired) electrons. The number of rotatable bonds is 2. The third kappa shape index (κ3) is 1.69. The summed E-state index contributed by atoms with van der Waals surface area (Å²) in [5.74, 6) is -0.891. The molecule has 2 heterocycles. The van der Waals surface area contributed by atoms with Gasteiger partial charge >= 0.3 is 5.97 Å². The van der Waals surface area contributed by atoms with E-state index in [9.17, 15) is 9.90 Å². The van der Waals surface area contributed by atoms with Crippen LogP contribution in [0.15, 0.2) is 48.5 Å². The van der Waals surface area contributed by atoms with Crippen LogP contribution < -0.4 is 0 Å². The number of para-hydroxylation sites is 3. The maximum absolute atomic E-state index is 11.5. The van der Waals surface area contributed by atoms with Crippen LogP contribution in [0.25, 0.3) is 33.1 Å². The van der Waals surface area contributed by atoms with Crippen LogP contribution in [0.1, 0.15) is 13.0 Å². The van der Waals surface area contributed by atoms with Crippen molar-refractivity contribution in [3.63, 3.8) is 0 Å². The molecular formula is C17H13N3O2. The SMILES string of the molecule is C[C@H](C(=O)O)n1c2ccccc2c2nc3ccccc3nc21. The standard InChI is InChI=1S/C17H13N3O2/c1-10(17(21)22)20-14-9-5-2-6-11(14)15-16(20)19-13-8-4-3-7-12(13)18-15/h2-10H,1H3,(H,21,22)/t10-/m1/s1. The summed E-state index contributed by atoms with van der Waals surface area (Å²) in [5, 5.41) is 10.3. The molecule has 0 aliphatic heterocycles. The molecule has 0 unspecified atom stereocenters. The summed E-state index contributed by atoms with van der Waals surface area (Å²) in [6.45, 7) is 1.66. The Morgan fingerprint density at radius 2 is 1.68 bits per heavy atom. The first-order valence-electron chi connectivity index (χ1n) is 7.05. The van der Waals surface area contributed by atoms with Crippen LogP contribution in [0.4, 0.5) is 0 Å². The van der Waals surface area contributed by atoms with Crippen molar-refractivity contribution >= 4 is 39.1 Å². The maximum Gasteiger partial charge on any atom is 0.326 e. The number of hydrogen-bond donors (Lipinski definition) is 1. The molecule has 0 spiro atoms. The minimum Gasteiger partial charge on any atom is -0.480 e. The highest BCUT2D eigenvalue weighted by molar-refractivity contribution is 6.07. The van der Waals surface area contributed by atoms with Crippen molar-refractivity contribution < 1.29 is 9.90 Å². The van der Waals surface area contributed by atoms with Gasteiger partial charge in [-0.2, -0.15) is 0 Å². The Bertz CT molecular complexity index is 1040. The summed E-state index contributed by atoms with van der Waals surface area (Å²) in [6, 6.07) is 14.6. The number of fused-ring (bicyclic) bond motifs is 4. The first-order valence-corrected chi connectivity index (χ1v) is 7.05. The highest BCUT2D eigenvalue weighted by Crippen LogP contribution is 2.30. The lowest BCUT2D eigenvalue weighted by atomic mass is 10.2. The van der Waals surface area contributed by atoms with E-state index in [1.165, 1.54) is 0 Å². The van der Waals surface area contributed by atoms with Crippen LogP contribution in [0.5, 0.6) is 0 Å². The molecule has 0 aliphatic carbocycles. The zero-order chi connectivity index (χ0) is 15.3. The molecular weight excluding hydrogens is 278 g/mol. The minimum atomic E-state index is -0.891. The molecule has 5 heteroatoms. The monoisotopic (exact) mass is 291 g/mol. The van der Waals surface area contributed by atoms with Crippen LogP contribution in [0.2, 0.25) is 0 Å². The Labute approximate surface area is 125 Å². The second-order valence-corrected chi connectivity index (χ2v) is 5.29. The molecule has 108 valence electrons. The van der Waals surface area contributed by atoms with Crippen LogP contribution >= 0.6 is 0 Å². The third-order valence-corrected chi connectivity index (χ3v) is 3.94. The fourth-order valence-corrected chi connectivity index (χ4v) is 2.84. The van der Waals surface area contributed by atoms with Gasteiger partial charge in [-0.3, -0.25) is 0 Å². The van der Waals surface area contributed by atoms with Gasteiger partial charge in [0.25, 0.3) is 0 Å². The van der Waals surface area contributed by atoms with E-state index in [0.29, 0.717) is 5.65 Å². The average Bonchev–Trinajstić information content (AvgIpc) is 2.85. The molecule has 0 amide bonds. The summed E-state index contributed by atoms with van der Waals surface area (Å²) >= 11 is 0. The first kappa shape index (κ1) is 12.8. The summed E-state index contributed by atoms with van der Waals surface area (Å²) < 4.78 is 1.74. The summed E-state index contributed by atoms with van der Waals surface area (Å²) in [7, 11) is 0. The van der Waals surface area contributed by atoms with Gasteiger partial charge in [0.15, 0.2) is 5.65 Å². The zero-order valence-electron chi connectivity index (χ0n) is 11.9. The minimum absolute atomic E-state index is 0.606. The van der Waals surface area contributed by atoms with E-state index in [2.05, 4.69) is 4.98 Å². The smallest absolute Gasteiger partial charge is 0.326 e. The molecule has 0 bridgehead atoms. The predicted octanol–water partition coefficient (Wildman–Crippen LogP) is 3.38. The molecule has 1 atom stereocenters. The molecule has 4 rings (SSSR count). The lowest BCUT2D eigenvalue weighted by Crippen LogP contribution is -2.15. The summed E-state index contributed by atoms with van der Waals surface area (Å²) in [6.07, 6.45) is 0. The van der Waals surface area contributed by atoms with Crippen molar-refractivity contribution in [3.8, 4) is 0 Å². The predicted molar refractivity (Wildman–Crippen MR) is 84.9 cm³/mol. The van der Waals surface area contributed by atoms with Crippen LogP contribution in [0.3, 0.4) is 0 Å². The number of hydrogen-bond acceptors (Lipinski definition) is 3. The Kier molecular flexibility index (Phi) is 2.63. The van der Waals surface area contributed by atoms with Gasteiger partial charge < -0.3 is 9.67 Å². The molecule has 2 aromatic heterocycles. The van der Waals surface area contributed by atoms with Crippen molar-refractivity contribution in [1.29, 1.82) is 0 Å². The van der Waals surface area contributed by atoms with E-state index in [-0.39, 0.29) is 0 Å². The molecule has 22 heavy (non-hydrogen) atoms. The maximum atomic E-state index is 11.5. The molecule has 0 fully saturated rings. The number of aliphatic carboxylic acids is 1. The first-order chi connectivity index (χ1) is 10.7. The van der Waals surface area contributed by atoms with Gasteiger partial charge in [-0.1, -0.05) is 30.3 Å². The summed E-state index contributed by atoms with van der Waals surface area (Å²) in [4.78, 5) is 20.8. The highest BCUT2D eigenvalue weighted by atomic mass is 16.4. The van der Waals surface area contributed by atoms with Gasteiger partial charge in [0.1, 0.15) is 11.6 Å². The fraction of sp³-hybridized carbons (Fsp3) is 0.118. The lowest BCUT2D eigenvalue weighted by molar-refractivity contribution is -0.140. The van der Waals surface area contributed by atoms with E-state index in [1.807, 2.05) is 48.5 Å². The van der Waals surface area contributed by atoms with Gasteiger partial charge in [0.05, 0.1) is 16.6 Å².